The van der Waals surface area contributed by atoms with E-state index in [1.54, 1.807) is 6.92 Å². The number of aryl methyl sites for hydroxylation is 1. The molecule has 1 N–H and O–H groups in total. The molecular formula is C18H21N3O6. The lowest BCUT2D eigenvalue weighted by Gasteiger charge is -2.20. The van der Waals surface area contributed by atoms with Crippen LogP contribution in [0, 0.1) is 5.92 Å². The van der Waals surface area contributed by atoms with Crippen LogP contribution in [-0.2, 0) is 16.0 Å². The zero-order chi connectivity index (χ0) is 19.4. The predicted octanol–water partition coefficient (Wildman–Crippen LogP) is 1.93. The van der Waals surface area contributed by atoms with Crippen LogP contribution in [0.1, 0.15) is 45.1 Å². The topological polar surface area (TPSA) is 124 Å². The molecule has 0 radical (unpaired) electrons. The molecule has 27 heavy (non-hydrogen) atoms. The number of hydrogen-bond donors (Lipinski definition) is 1. The number of ether oxygens (including phenoxy) is 1. The van der Waals surface area contributed by atoms with Crippen molar-refractivity contribution in [1.29, 1.82) is 0 Å². The van der Waals surface area contributed by atoms with Gasteiger partial charge >= 0.3 is 17.6 Å². The average Bonchev–Trinajstić information content (AvgIpc) is 2.66. The van der Waals surface area contributed by atoms with Crippen molar-refractivity contribution in [3.05, 3.63) is 32.4 Å². The van der Waals surface area contributed by atoms with Gasteiger partial charge in [0.1, 0.15) is 5.39 Å². The lowest BCUT2D eigenvalue weighted by molar-refractivity contribution is -0.148. The van der Waals surface area contributed by atoms with Crippen molar-refractivity contribution < 1.29 is 18.8 Å². The number of fused-ring (bicyclic) bond motifs is 1. The van der Waals surface area contributed by atoms with Crippen molar-refractivity contribution in [2.75, 3.05) is 6.61 Å². The highest BCUT2D eigenvalue weighted by Gasteiger charge is 2.25. The van der Waals surface area contributed by atoms with Gasteiger partial charge in [-0.25, -0.2) is 4.79 Å². The van der Waals surface area contributed by atoms with E-state index in [4.69, 9.17) is 14.0 Å². The van der Waals surface area contributed by atoms with E-state index < -0.39 is 11.2 Å². The van der Waals surface area contributed by atoms with Crippen LogP contribution in [0.2, 0.25) is 0 Å². The average molecular weight is 375 g/mol. The number of nitrogens with zero attached hydrogens (tertiary/aromatic N) is 2. The van der Waals surface area contributed by atoms with E-state index in [1.165, 1.54) is 6.07 Å². The van der Waals surface area contributed by atoms with E-state index in [0.29, 0.717) is 44.3 Å². The van der Waals surface area contributed by atoms with Gasteiger partial charge in [-0.15, -0.1) is 0 Å². The molecule has 0 aliphatic heterocycles. The largest absolute Gasteiger partial charge is 0.466 e. The monoisotopic (exact) mass is 375 g/mol. The molecule has 0 unspecified atom stereocenters. The van der Waals surface area contributed by atoms with Crippen LogP contribution in [0.15, 0.2) is 25.2 Å². The summed E-state index contributed by atoms with van der Waals surface area (Å²) in [6, 6.07) is 1.13. The second kappa shape index (κ2) is 8.15. The van der Waals surface area contributed by atoms with E-state index in [0.717, 1.165) is 5.71 Å². The summed E-state index contributed by atoms with van der Waals surface area (Å²) in [4.78, 5) is 47.4. The molecule has 2 heterocycles. The normalized spacial score (nSPS) is 17.0. The molecule has 0 bridgehead atoms. The molecule has 0 aromatic carbocycles. The van der Waals surface area contributed by atoms with Crippen molar-refractivity contribution in [2.45, 2.75) is 46.0 Å². The molecule has 0 spiro atoms. The Kier molecular flexibility index (Phi) is 5.68. The van der Waals surface area contributed by atoms with Gasteiger partial charge in [-0.3, -0.25) is 14.6 Å². The quantitative estimate of drug-likeness (QED) is 0.625. The number of carbonyl (C=O) groups is 1. The molecule has 9 nitrogen and oxygen atoms in total. The maximum atomic E-state index is 12.3. The highest BCUT2D eigenvalue weighted by molar-refractivity contribution is 5.86. The molecule has 144 valence electrons. The molecular weight excluding hydrogens is 354 g/mol. The Morgan fingerprint density at radius 3 is 2.74 bits per heavy atom. The molecule has 1 aliphatic rings. The zero-order valence-electron chi connectivity index (χ0n) is 15.2. The molecule has 9 heteroatoms. The summed E-state index contributed by atoms with van der Waals surface area (Å²) < 4.78 is 10.0. The fraction of sp³-hybridized carbons (Fsp3) is 0.500. The van der Waals surface area contributed by atoms with Gasteiger partial charge in [0.15, 0.2) is 0 Å². The third-order valence-electron chi connectivity index (χ3n) is 4.50. The highest BCUT2D eigenvalue weighted by atomic mass is 16.6. The van der Waals surface area contributed by atoms with Gasteiger partial charge in [-0.05, 0) is 44.6 Å². The molecule has 2 aromatic rings. The lowest BCUT2D eigenvalue weighted by Crippen LogP contribution is -2.24. The zero-order valence-corrected chi connectivity index (χ0v) is 15.2. The molecule has 2 aromatic heterocycles. The molecule has 3 rings (SSSR count). The van der Waals surface area contributed by atoms with E-state index in [2.05, 4.69) is 15.1 Å². The number of esters is 1. The van der Waals surface area contributed by atoms with Crippen molar-refractivity contribution in [2.24, 2.45) is 11.1 Å². The molecule has 1 fully saturated rings. The van der Waals surface area contributed by atoms with Gasteiger partial charge in [0.25, 0.3) is 5.56 Å². The van der Waals surface area contributed by atoms with Gasteiger partial charge in [-0.2, -0.15) is 4.98 Å². The van der Waals surface area contributed by atoms with Crippen molar-refractivity contribution in [3.63, 3.8) is 0 Å². The summed E-state index contributed by atoms with van der Waals surface area (Å²) in [7, 11) is 0. The van der Waals surface area contributed by atoms with Gasteiger partial charge in [0, 0.05) is 6.07 Å². The maximum Gasteiger partial charge on any atom is 0.337 e. The predicted molar refractivity (Wildman–Crippen MR) is 96.9 cm³/mol. The van der Waals surface area contributed by atoms with Gasteiger partial charge < -0.3 is 14.0 Å². The van der Waals surface area contributed by atoms with Crippen LogP contribution in [0.3, 0.4) is 0 Å². The maximum absolute atomic E-state index is 12.3. The lowest BCUT2D eigenvalue weighted by atomic mass is 9.88. The van der Waals surface area contributed by atoms with Gasteiger partial charge in [0.2, 0.25) is 5.71 Å². The van der Waals surface area contributed by atoms with Crippen molar-refractivity contribution in [3.8, 4) is 6.01 Å². The summed E-state index contributed by atoms with van der Waals surface area (Å²) in [5.74, 6) is -0.302. The Balaban J connectivity index is 1.74. The van der Waals surface area contributed by atoms with Crippen LogP contribution in [0.5, 0.6) is 6.01 Å². The first-order valence-electron chi connectivity index (χ1n) is 8.98. The number of oxime groups is 1. The van der Waals surface area contributed by atoms with E-state index in [9.17, 15) is 14.4 Å². The Bertz CT molecular complexity index is 981. The smallest absolute Gasteiger partial charge is 0.337 e. The fourth-order valence-corrected chi connectivity index (χ4v) is 3.10. The molecule has 1 saturated carbocycles. The van der Waals surface area contributed by atoms with E-state index in [1.807, 2.05) is 6.92 Å². The van der Waals surface area contributed by atoms with Crippen LogP contribution >= 0.6 is 0 Å². The third kappa shape index (κ3) is 4.24. The number of nitrogens with one attached hydrogen (secondary N) is 1. The summed E-state index contributed by atoms with van der Waals surface area (Å²) in [6.45, 7) is 3.98. The minimum absolute atomic E-state index is 0.0793. The number of carbonyl (C=O) groups excluding carboxylic acids is 1. The Labute approximate surface area is 154 Å². The number of aromatic amines is 1. The van der Waals surface area contributed by atoms with E-state index in [-0.39, 0.29) is 29.0 Å². The first kappa shape index (κ1) is 18.8. The number of H-pyrrole nitrogens is 1. The summed E-state index contributed by atoms with van der Waals surface area (Å²) in [6.07, 6.45) is 2.96. The van der Waals surface area contributed by atoms with Gasteiger partial charge in [0.05, 0.1) is 18.2 Å². The first-order valence-corrected chi connectivity index (χ1v) is 8.98. The van der Waals surface area contributed by atoms with Crippen molar-refractivity contribution >= 4 is 22.8 Å². The molecule has 0 amide bonds. The van der Waals surface area contributed by atoms with Crippen molar-refractivity contribution in [1.82, 2.24) is 9.97 Å². The molecule has 1 aliphatic carbocycles. The van der Waals surface area contributed by atoms with Gasteiger partial charge in [-0.1, -0.05) is 12.1 Å². The summed E-state index contributed by atoms with van der Waals surface area (Å²) in [5, 5.41) is 4.25. The standard InChI is InChI=1S/C18H21N3O6/c1-3-10-9-13(22)26-16-14(10)15(23)19-18(20-16)27-21-12-7-5-11(6-8-12)17(24)25-4-2/h9,11H,3-8H2,1-2H3,(H,19,20,23). The summed E-state index contributed by atoms with van der Waals surface area (Å²) >= 11 is 0. The SMILES string of the molecule is CCOC(=O)C1CCC(=NOc2nc3oc(=O)cc(CC)c3c(=O)[nH]2)CC1. The second-order valence-corrected chi connectivity index (χ2v) is 6.27. The molecule has 0 atom stereocenters. The molecule has 0 saturated heterocycles. The first-order chi connectivity index (χ1) is 13.0. The Morgan fingerprint density at radius 2 is 2.07 bits per heavy atom. The van der Waals surface area contributed by atoms with E-state index >= 15 is 0 Å². The van der Waals surface area contributed by atoms with Crippen LogP contribution < -0.4 is 16.0 Å². The summed E-state index contributed by atoms with van der Waals surface area (Å²) in [5.41, 5.74) is 0.213. The number of aromatic nitrogens is 2. The number of hydrogen-bond acceptors (Lipinski definition) is 8. The Morgan fingerprint density at radius 1 is 1.33 bits per heavy atom. The number of rotatable bonds is 5. The minimum atomic E-state index is -0.577. The third-order valence-corrected chi connectivity index (χ3v) is 4.50. The minimum Gasteiger partial charge on any atom is -0.466 e. The van der Waals surface area contributed by atoms with Crippen LogP contribution in [-0.4, -0.2) is 28.3 Å². The Hall–Kier alpha value is -2.97. The van der Waals surface area contributed by atoms with Crippen LogP contribution in [0.25, 0.3) is 11.1 Å². The fourth-order valence-electron chi connectivity index (χ4n) is 3.10. The highest BCUT2D eigenvalue weighted by Crippen LogP contribution is 2.24. The van der Waals surface area contributed by atoms with Crippen LogP contribution in [0.4, 0.5) is 0 Å². The second-order valence-electron chi connectivity index (χ2n) is 6.27.